The Morgan fingerprint density at radius 3 is 2.25 bits per heavy atom. The van der Waals surface area contributed by atoms with Gasteiger partial charge in [-0.05, 0) is 25.3 Å². The molecule has 0 aliphatic rings. The number of rotatable bonds is 12. The summed E-state index contributed by atoms with van der Waals surface area (Å²) in [6.07, 6.45) is 6.12. The van der Waals surface area contributed by atoms with Crippen molar-refractivity contribution in [3.8, 4) is 11.5 Å². The van der Waals surface area contributed by atoms with Crippen LogP contribution < -0.4 is 9.47 Å². The van der Waals surface area contributed by atoms with Crippen molar-refractivity contribution in [2.45, 2.75) is 19.3 Å². The molecule has 0 fully saturated rings. The maximum Gasteiger partial charge on any atom is 0.156 e. The van der Waals surface area contributed by atoms with Gasteiger partial charge >= 0.3 is 0 Å². The molecule has 0 aromatic heterocycles. The highest BCUT2D eigenvalue weighted by Gasteiger charge is 2.10. The topological polar surface area (TPSA) is 27.7 Å². The van der Waals surface area contributed by atoms with E-state index >= 15 is 0 Å². The van der Waals surface area contributed by atoms with Crippen molar-refractivity contribution in [2.24, 2.45) is 0 Å². The normalized spacial score (nSPS) is 10.3. The van der Waals surface area contributed by atoms with E-state index in [1.807, 2.05) is 0 Å². The Bertz CT molecular complexity index is 520. The Kier molecular flexibility index (Phi) is 11.4. The van der Waals surface area contributed by atoms with Crippen LogP contribution in [0.2, 0.25) is 10.0 Å². The van der Waals surface area contributed by atoms with E-state index in [2.05, 4.69) is 6.58 Å². The molecule has 1 aromatic rings. The predicted molar refractivity (Wildman–Crippen MR) is 102 cm³/mol. The Morgan fingerprint density at radius 2 is 1.62 bits per heavy atom. The van der Waals surface area contributed by atoms with Gasteiger partial charge in [0.05, 0.1) is 23.3 Å². The zero-order chi connectivity index (χ0) is 17.8. The maximum atomic E-state index is 6.19. The monoisotopic (exact) mass is 412 g/mol. The number of hydrogen-bond acceptors (Lipinski definition) is 3. The van der Waals surface area contributed by atoms with Crippen molar-refractivity contribution in [3.05, 3.63) is 45.4 Å². The van der Waals surface area contributed by atoms with Gasteiger partial charge in [-0.25, -0.2) is 0 Å². The average molecular weight is 414 g/mol. The highest BCUT2D eigenvalue weighted by atomic mass is 35.5. The van der Waals surface area contributed by atoms with Crippen LogP contribution in [0.1, 0.15) is 19.3 Å². The van der Waals surface area contributed by atoms with E-state index in [9.17, 15) is 0 Å². The highest BCUT2D eigenvalue weighted by Crippen LogP contribution is 2.37. The lowest BCUT2D eigenvalue weighted by atomic mass is 10.2. The van der Waals surface area contributed by atoms with E-state index < -0.39 is 0 Å². The van der Waals surface area contributed by atoms with Gasteiger partial charge < -0.3 is 14.2 Å². The zero-order valence-corrected chi connectivity index (χ0v) is 16.2. The second kappa shape index (κ2) is 12.7. The molecule has 0 saturated heterocycles. The van der Waals surface area contributed by atoms with Crippen molar-refractivity contribution in [1.29, 1.82) is 0 Å². The first-order valence-electron chi connectivity index (χ1n) is 7.49. The van der Waals surface area contributed by atoms with Crippen LogP contribution in [0.3, 0.4) is 0 Å². The van der Waals surface area contributed by atoms with E-state index in [1.165, 1.54) is 6.08 Å². The first-order valence-corrected chi connectivity index (χ1v) is 9.00. The minimum atomic E-state index is 0.141. The maximum absolute atomic E-state index is 6.19. The lowest BCUT2D eigenvalue weighted by molar-refractivity contribution is 0.155. The van der Waals surface area contributed by atoms with Crippen molar-refractivity contribution >= 4 is 46.4 Å². The fourth-order valence-electron chi connectivity index (χ4n) is 1.78. The molecule has 0 N–H and O–H groups in total. The standard InChI is InChI=1S/C17H20Cl4O3/c1-2-7-22-8-4-3-5-9-24-17-14(18)11-13(12-15(17)19)23-10-6-16(20)21/h2,6,11-12H,1,3-5,7-10H2. The summed E-state index contributed by atoms with van der Waals surface area (Å²) in [4.78, 5) is 0. The van der Waals surface area contributed by atoms with Gasteiger partial charge in [0.15, 0.2) is 5.75 Å². The number of hydrogen-bond donors (Lipinski definition) is 0. The quantitative estimate of drug-likeness (QED) is 0.291. The van der Waals surface area contributed by atoms with Gasteiger partial charge in [0.1, 0.15) is 16.8 Å². The van der Waals surface area contributed by atoms with Crippen molar-refractivity contribution in [3.63, 3.8) is 0 Å². The lowest BCUT2D eigenvalue weighted by Gasteiger charge is -2.12. The molecule has 0 saturated carbocycles. The second-order valence-corrected chi connectivity index (χ2v) is 6.62. The Labute approximate surface area is 163 Å². The van der Waals surface area contributed by atoms with Crippen LogP contribution in [-0.2, 0) is 4.74 Å². The lowest BCUT2D eigenvalue weighted by Crippen LogP contribution is -2.01. The van der Waals surface area contributed by atoms with Crippen LogP contribution in [0.4, 0.5) is 0 Å². The molecule has 0 heterocycles. The molecule has 0 amide bonds. The minimum Gasteiger partial charge on any atom is -0.490 e. The first-order chi connectivity index (χ1) is 11.5. The molecule has 7 heteroatoms. The number of benzene rings is 1. The summed E-state index contributed by atoms with van der Waals surface area (Å²) in [5.74, 6) is 0.974. The van der Waals surface area contributed by atoms with Gasteiger partial charge in [0, 0.05) is 18.7 Å². The predicted octanol–water partition coefficient (Wildman–Crippen LogP) is 6.44. The Morgan fingerprint density at radius 1 is 0.958 bits per heavy atom. The summed E-state index contributed by atoms with van der Waals surface area (Å²) in [7, 11) is 0. The zero-order valence-electron chi connectivity index (χ0n) is 13.2. The summed E-state index contributed by atoms with van der Waals surface area (Å²) >= 11 is 23.4. The molecule has 0 spiro atoms. The molecular weight excluding hydrogens is 394 g/mol. The molecule has 3 nitrogen and oxygen atoms in total. The van der Waals surface area contributed by atoms with Gasteiger partial charge in [-0.3, -0.25) is 0 Å². The fourth-order valence-corrected chi connectivity index (χ4v) is 2.48. The third-order valence-corrected chi connectivity index (χ3v) is 3.74. The van der Waals surface area contributed by atoms with Crippen LogP contribution in [0, 0.1) is 0 Å². The molecular formula is C17H20Cl4O3. The molecule has 0 unspecified atom stereocenters. The van der Waals surface area contributed by atoms with Gasteiger partial charge in [-0.1, -0.05) is 52.5 Å². The largest absolute Gasteiger partial charge is 0.490 e. The average Bonchev–Trinajstić information content (AvgIpc) is 2.51. The third kappa shape index (κ3) is 9.05. The molecule has 134 valence electrons. The fraction of sp³-hybridized carbons (Fsp3) is 0.412. The molecule has 0 atom stereocenters. The third-order valence-electron chi connectivity index (χ3n) is 2.87. The molecule has 1 rings (SSSR count). The number of ether oxygens (including phenoxy) is 3. The summed E-state index contributed by atoms with van der Waals surface area (Å²) < 4.78 is 16.5. The summed E-state index contributed by atoms with van der Waals surface area (Å²) in [5.41, 5.74) is 0. The summed E-state index contributed by atoms with van der Waals surface area (Å²) in [5, 5.41) is 0.792. The van der Waals surface area contributed by atoms with E-state index in [0.29, 0.717) is 34.8 Å². The summed E-state index contributed by atoms with van der Waals surface area (Å²) in [6.45, 7) is 5.66. The van der Waals surface area contributed by atoms with E-state index in [4.69, 9.17) is 60.6 Å². The smallest absolute Gasteiger partial charge is 0.156 e. The molecule has 0 bridgehead atoms. The van der Waals surface area contributed by atoms with Crippen molar-refractivity contribution < 1.29 is 14.2 Å². The van der Waals surface area contributed by atoms with E-state index in [-0.39, 0.29) is 11.1 Å². The molecule has 1 aromatic carbocycles. The molecule has 0 aliphatic carbocycles. The van der Waals surface area contributed by atoms with Crippen LogP contribution in [0.15, 0.2) is 35.4 Å². The van der Waals surface area contributed by atoms with Gasteiger partial charge in [-0.15, -0.1) is 6.58 Å². The molecule has 0 radical (unpaired) electrons. The van der Waals surface area contributed by atoms with Crippen LogP contribution in [0.25, 0.3) is 0 Å². The van der Waals surface area contributed by atoms with Crippen LogP contribution >= 0.6 is 46.4 Å². The Hall–Kier alpha value is -0.580. The molecule has 0 aliphatic heterocycles. The number of halogens is 4. The van der Waals surface area contributed by atoms with Crippen molar-refractivity contribution in [2.75, 3.05) is 26.4 Å². The van der Waals surface area contributed by atoms with E-state index in [0.717, 1.165) is 25.9 Å². The highest BCUT2D eigenvalue weighted by molar-refractivity contribution is 6.55. The number of unbranched alkanes of at least 4 members (excludes halogenated alkanes) is 2. The Balaban J connectivity index is 2.37. The SMILES string of the molecule is C=CCOCCCCCOc1c(Cl)cc(OCC=C(Cl)Cl)cc1Cl. The second-order valence-electron chi connectivity index (χ2n) is 4.79. The minimum absolute atomic E-state index is 0.141. The van der Waals surface area contributed by atoms with Gasteiger partial charge in [-0.2, -0.15) is 0 Å². The van der Waals surface area contributed by atoms with Gasteiger partial charge in [0.25, 0.3) is 0 Å². The van der Waals surface area contributed by atoms with E-state index in [1.54, 1.807) is 18.2 Å². The van der Waals surface area contributed by atoms with Gasteiger partial charge in [0.2, 0.25) is 0 Å². The van der Waals surface area contributed by atoms with Crippen LogP contribution in [-0.4, -0.2) is 26.4 Å². The first kappa shape index (κ1) is 21.5. The van der Waals surface area contributed by atoms with Crippen LogP contribution in [0.5, 0.6) is 11.5 Å². The molecule has 24 heavy (non-hydrogen) atoms. The summed E-state index contributed by atoms with van der Waals surface area (Å²) in [6, 6.07) is 3.28. The van der Waals surface area contributed by atoms with Crippen molar-refractivity contribution in [1.82, 2.24) is 0 Å².